The zero-order valence-electron chi connectivity index (χ0n) is 20.0. The fourth-order valence-corrected chi connectivity index (χ4v) is 5.04. The van der Waals surface area contributed by atoms with Crippen LogP contribution < -0.4 is 11.1 Å². The number of nitrogens with two attached hydrogens (primary N) is 1. The van der Waals surface area contributed by atoms with E-state index < -0.39 is 0 Å². The van der Waals surface area contributed by atoms with Crippen molar-refractivity contribution in [2.24, 2.45) is 10.7 Å². The number of rotatable bonds is 7. The van der Waals surface area contributed by atoms with E-state index >= 15 is 0 Å². The first-order valence-electron chi connectivity index (χ1n) is 11.4. The highest BCUT2D eigenvalue weighted by molar-refractivity contribution is 7.13. The Morgan fingerprint density at radius 1 is 1.29 bits per heavy atom. The first-order valence-corrected chi connectivity index (χ1v) is 12.2. The fourth-order valence-electron chi connectivity index (χ4n) is 4.12. The van der Waals surface area contributed by atoms with Gasteiger partial charge in [0.25, 0.3) is 0 Å². The molecule has 3 N–H and O–H groups in total. The predicted octanol–water partition coefficient (Wildman–Crippen LogP) is 5.11. The number of aliphatic imine (C=N–C) groups is 1. The molecule has 2 heterocycles. The van der Waals surface area contributed by atoms with Crippen LogP contribution in [0.15, 0.2) is 53.5 Å². The minimum atomic E-state index is -0.0400. The molecule has 7 nitrogen and oxygen atoms in total. The van der Waals surface area contributed by atoms with E-state index in [9.17, 15) is 4.79 Å². The standard InChI is InChI=1S/C26H30N6OS/c1-26(2,3)24-30-15-23(34-24)22(33)12-17-6-5-16-11-18(7-8-20(16)17)21-9-10-29-25(32-21)31-19(13-27)14-28-4/h7-11,13-15,17H,5-6,12,27H2,1-4H3,(H,29,31,32). The molecule has 4 rings (SSSR count). The van der Waals surface area contributed by atoms with Crippen LogP contribution in [-0.4, -0.2) is 34.0 Å². The number of hydrogen-bond acceptors (Lipinski definition) is 8. The van der Waals surface area contributed by atoms with Gasteiger partial charge in [0, 0.05) is 49.3 Å². The molecule has 0 spiro atoms. The van der Waals surface area contributed by atoms with Crippen molar-refractivity contribution in [1.29, 1.82) is 0 Å². The van der Waals surface area contributed by atoms with Gasteiger partial charge in [-0.3, -0.25) is 9.79 Å². The molecule has 0 saturated heterocycles. The third-order valence-electron chi connectivity index (χ3n) is 5.85. The Bertz CT molecular complexity index is 1250. The van der Waals surface area contributed by atoms with Crippen molar-refractivity contribution in [3.63, 3.8) is 0 Å². The number of nitrogens with zero attached hydrogens (tertiary/aromatic N) is 4. The van der Waals surface area contributed by atoms with Crippen LogP contribution in [-0.2, 0) is 11.8 Å². The van der Waals surface area contributed by atoms with E-state index in [0.717, 1.165) is 34.0 Å². The van der Waals surface area contributed by atoms with Crippen molar-refractivity contribution < 1.29 is 4.79 Å². The fraction of sp³-hybridized carbons (Fsp3) is 0.346. The van der Waals surface area contributed by atoms with Gasteiger partial charge in [-0.25, -0.2) is 15.0 Å². The van der Waals surface area contributed by atoms with E-state index in [0.29, 0.717) is 18.1 Å². The summed E-state index contributed by atoms with van der Waals surface area (Å²) in [5, 5.41) is 4.07. The third kappa shape index (κ3) is 5.22. The number of carbonyl (C=O) groups is 1. The summed E-state index contributed by atoms with van der Waals surface area (Å²) in [6.07, 6.45) is 8.96. The van der Waals surface area contributed by atoms with Gasteiger partial charge in [0.1, 0.15) is 0 Å². The number of fused-ring (bicyclic) bond motifs is 1. The molecule has 1 aliphatic rings. The molecule has 1 aromatic carbocycles. The lowest BCUT2D eigenvalue weighted by atomic mass is 9.94. The lowest BCUT2D eigenvalue weighted by Gasteiger charge is -2.13. The molecule has 0 fully saturated rings. The number of Topliss-reactive ketones (excluding diaryl/α,β-unsaturated/α-hetero) is 1. The Kier molecular flexibility index (Phi) is 6.88. The second-order valence-corrected chi connectivity index (χ2v) is 10.5. The van der Waals surface area contributed by atoms with Crippen LogP contribution in [0.1, 0.15) is 65.3 Å². The highest BCUT2D eigenvalue weighted by Gasteiger charge is 2.27. The van der Waals surface area contributed by atoms with Crippen molar-refractivity contribution in [2.75, 3.05) is 12.4 Å². The normalized spacial score (nSPS) is 16.1. The van der Waals surface area contributed by atoms with Crippen LogP contribution >= 0.6 is 11.3 Å². The van der Waals surface area contributed by atoms with Gasteiger partial charge in [0.15, 0.2) is 5.78 Å². The average Bonchev–Trinajstić information content (AvgIpc) is 3.46. The van der Waals surface area contributed by atoms with Crippen LogP contribution in [0.4, 0.5) is 5.95 Å². The zero-order chi connectivity index (χ0) is 24.3. The predicted molar refractivity (Wildman–Crippen MR) is 139 cm³/mol. The van der Waals surface area contributed by atoms with Crippen LogP contribution in [0, 0.1) is 0 Å². The molecule has 3 aromatic rings. The van der Waals surface area contributed by atoms with Gasteiger partial charge in [0.05, 0.1) is 21.3 Å². The first-order chi connectivity index (χ1) is 16.3. The summed E-state index contributed by atoms with van der Waals surface area (Å²) in [5.41, 5.74) is 10.6. The average molecular weight is 475 g/mol. The van der Waals surface area contributed by atoms with Crippen molar-refractivity contribution in [3.05, 3.63) is 69.6 Å². The number of benzene rings is 1. The van der Waals surface area contributed by atoms with E-state index in [1.54, 1.807) is 25.7 Å². The van der Waals surface area contributed by atoms with E-state index in [-0.39, 0.29) is 17.1 Å². The van der Waals surface area contributed by atoms with E-state index in [1.807, 2.05) is 6.07 Å². The minimum Gasteiger partial charge on any atom is -0.403 e. The number of nitrogens with one attached hydrogen (secondary N) is 1. The lowest BCUT2D eigenvalue weighted by molar-refractivity contribution is 0.0977. The topological polar surface area (TPSA) is 106 Å². The number of ketones is 1. The molecule has 1 unspecified atom stereocenters. The molecule has 0 bridgehead atoms. The molecule has 1 atom stereocenters. The van der Waals surface area contributed by atoms with Crippen molar-refractivity contribution in [1.82, 2.24) is 15.0 Å². The molecular formula is C26H30N6OS. The van der Waals surface area contributed by atoms with Gasteiger partial charge in [-0.2, -0.15) is 0 Å². The van der Waals surface area contributed by atoms with Crippen LogP contribution in [0.3, 0.4) is 0 Å². The molecule has 0 amide bonds. The number of carbonyl (C=O) groups excluding carboxylic acids is 1. The van der Waals surface area contributed by atoms with Gasteiger partial charge in [0.2, 0.25) is 5.95 Å². The first kappa shape index (κ1) is 23.8. The second-order valence-electron chi connectivity index (χ2n) is 9.46. The number of anilines is 1. The van der Waals surface area contributed by atoms with Gasteiger partial charge < -0.3 is 11.1 Å². The van der Waals surface area contributed by atoms with Gasteiger partial charge in [-0.05, 0) is 42.0 Å². The van der Waals surface area contributed by atoms with Crippen LogP contribution in [0.25, 0.3) is 11.3 Å². The molecule has 8 heteroatoms. The molecular weight excluding hydrogens is 444 g/mol. The Hall–Kier alpha value is -3.39. The molecule has 0 saturated carbocycles. The highest BCUT2D eigenvalue weighted by atomic mass is 32.1. The quantitative estimate of drug-likeness (QED) is 0.364. The number of hydrogen-bond donors (Lipinski definition) is 2. The Morgan fingerprint density at radius 2 is 2.12 bits per heavy atom. The molecule has 34 heavy (non-hydrogen) atoms. The Morgan fingerprint density at radius 3 is 2.82 bits per heavy atom. The van der Waals surface area contributed by atoms with Crippen LogP contribution in [0.2, 0.25) is 0 Å². The molecule has 176 valence electrons. The lowest BCUT2D eigenvalue weighted by Crippen LogP contribution is -2.09. The monoisotopic (exact) mass is 474 g/mol. The summed E-state index contributed by atoms with van der Waals surface area (Å²) in [5.74, 6) is 0.878. The minimum absolute atomic E-state index is 0.0400. The molecule has 1 aliphatic carbocycles. The molecule has 0 radical (unpaired) electrons. The van der Waals surface area contributed by atoms with Crippen molar-refractivity contribution in [2.45, 2.75) is 51.4 Å². The van der Waals surface area contributed by atoms with Crippen molar-refractivity contribution in [3.8, 4) is 11.3 Å². The van der Waals surface area contributed by atoms with E-state index in [4.69, 9.17) is 5.73 Å². The van der Waals surface area contributed by atoms with E-state index in [2.05, 4.69) is 64.2 Å². The zero-order valence-corrected chi connectivity index (χ0v) is 20.8. The molecule has 2 aromatic heterocycles. The van der Waals surface area contributed by atoms with E-state index in [1.165, 1.54) is 28.7 Å². The SMILES string of the molecule is CN=CC(=CN)Nc1nccc(-c2ccc3c(c2)CCC3CC(=O)c2cnc(C(C)(C)C)s2)n1. The maximum atomic E-state index is 13.0. The van der Waals surface area contributed by atoms with Gasteiger partial charge in [-0.1, -0.05) is 32.9 Å². The van der Waals surface area contributed by atoms with Gasteiger partial charge >= 0.3 is 0 Å². The number of aryl methyl sites for hydroxylation is 1. The Labute approximate surface area is 204 Å². The van der Waals surface area contributed by atoms with Crippen molar-refractivity contribution >= 4 is 29.3 Å². The second kappa shape index (κ2) is 9.85. The summed E-state index contributed by atoms with van der Waals surface area (Å²) in [6, 6.07) is 8.29. The summed E-state index contributed by atoms with van der Waals surface area (Å²) < 4.78 is 0. The summed E-state index contributed by atoms with van der Waals surface area (Å²) >= 11 is 1.52. The number of allylic oxidation sites excluding steroid dienone is 1. The third-order valence-corrected chi connectivity index (χ3v) is 7.32. The summed E-state index contributed by atoms with van der Waals surface area (Å²) in [7, 11) is 1.67. The summed E-state index contributed by atoms with van der Waals surface area (Å²) in [4.78, 5) is 31.1. The summed E-state index contributed by atoms with van der Waals surface area (Å²) in [6.45, 7) is 6.36. The molecule has 0 aliphatic heterocycles. The highest BCUT2D eigenvalue weighted by Crippen LogP contribution is 2.39. The van der Waals surface area contributed by atoms with Crippen LogP contribution in [0.5, 0.6) is 0 Å². The number of aromatic nitrogens is 3. The van der Waals surface area contributed by atoms with Gasteiger partial charge in [-0.15, -0.1) is 11.3 Å². The number of thiazole rings is 1. The smallest absolute Gasteiger partial charge is 0.227 e. The maximum absolute atomic E-state index is 13.0. The largest absolute Gasteiger partial charge is 0.403 e. The maximum Gasteiger partial charge on any atom is 0.227 e. The Balaban J connectivity index is 1.49.